The summed E-state index contributed by atoms with van der Waals surface area (Å²) < 4.78 is 47.4. The minimum Gasteiger partial charge on any atom is -0.463 e. The largest absolute Gasteiger partial charge is 0.463 e. The quantitative estimate of drug-likeness (QED) is 0.703. The second kappa shape index (κ2) is 7.19. The molecule has 0 aliphatic heterocycles. The van der Waals surface area contributed by atoms with Crippen molar-refractivity contribution in [1.29, 1.82) is 0 Å². The maximum Gasteiger partial charge on any atom is 0.417 e. The van der Waals surface area contributed by atoms with Gasteiger partial charge in [0, 0.05) is 18.8 Å². The zero-order valence-electron chi connectivity index (χ0n) is 15.9. The third kappa shape index (κ3) is 3.91. The van der Waals surface area contributed by atoms with Crippen LogP contribution in [0.5, 0.6) is 5.88 Å². The van der Waals surface area contributed by atoms with Crippen LogP contribution < -0.4 is 10.5 Å². The summed E-state index contributed by atoms with van der Waals surface area (Å²) in [6.45, 7) is 3.27. The number of primary amides is 1. The highest BCUT2D eigenvalue weighted by Gasteiger charge is 2.36. The standard InChI is InChI=1S/C19H18F3N5O2/c1-18(2,29-16-12(14(23)28)8-6-10-24-16)17-26-25-15(27(17)3)11-7-4-5-9-13(11)19(20,21)22/h4-10H,1-3H3,(H2,23,28). The van der Waals surface area contributed by atoms with E-state index in [0.717, 1.165) is 6.07 Å². The lowest BCUT2D eigenvalue weighted by Gasteiger charge is -2.25. The van der Waals surface area contributed by atoms with Crippen LogP contribution in [-0.4, -0.2) is 25.7 Å². The lowest BCUT2D eigenvalue weighted by atomic mass is 10.1. The van der Waals surface area contributed by atoms with Gasteiger partial charge in [-0.25, -0.2) is 4.98 Å². The summed E-state index contributed by atoms with van der Waals surface area (Å²) >= 11 is 0. The molecule has 0 unspecified atom stereocenters. The lowest BCUT2D eigenvalue weighted by molar-refractivity contribution is -0.137. The van der Waals surface area contributed by atoms with Crippen LogP contribution in [0.25, 0.3) is 11.4 Å². The summed E-state index contributed by atoms with van der Waals surface area (Å²) in [5.74, 6) is -0.460. The average molecular weight is 405 g/mol. The number of carbonyl (C=O) groups is 1. The van der Waals surface area contributed by atoms with Gasteiger partial charge >= 0.3 is 6.18 Å². The van der Waals surface area contributed by atoms with Gasteiger partial charge in [-0.15, -0.1) is 10.2 Å². The summed E-state index contributed by atoms with van der Waals surface area (Å²) in [6.07, 6.45) is -3.11. The van der Waals surface area contributed by atoms with E-state index in [1.165, 1.54) is 48.1 Å². The Balaban J connectivity index is 2.03. The predicted octanol–water partition coefficient (Wildman–Crippen LogP) is 3.31. The lowest BCUT2D eigenvalue weighted by Crippen LogP contribution is -2.30. The molecular formula is C19H18F3N5O2. The second-order valence-corrected chi connectivity index (χ2v) is 6.78. The Morgan fingerprint density at radius 1 is 1.10 bits per heavy atom. The Bertz CT molecular complexity index is 1060. The molecule has 0 fully saturated rings. The molecule has 3 aromatic rings. The molecule has 0 atom stereocenters. The third-order valence-electron chi connectivity index (χ3n) is 4.28. The van der Waals surface area contributed by atoms with Crippen LogP contribution >= 0.6 is 0 Å². The van der Waals surface area contributed by atoms with Crippen LogP contribution in [0.4, 0.5) is 13.2 Å². The van der Waals surface area contributed by atoms with E-state index in [9.17, 15) is 18.0 Å². The number of nitrogens with zero attached hydrogens (tertiary/aromatic N) is 4. The Labute approximate surface area is 164 Å². The number of hydrogen-bond acceptors (Lipinski definition) is 5. The maximum absolute atomic E-state index is 13.4. The summed E-state index contributed by atoms with van der Waals surface area (Å²) in [4.78, 5) is 15.6. The van der Waals surface area contributed by atoms with E-state index >= 15 is 0 Å². The highest BCUT2D eigenvalue weighted by Crippen LogP contribution is 2.37. The number of amides is 1. The molecule has 0 saturated carbocycles. The zero-order valence-corrected chi connectivity index (χ0v) is 15.9. The fraction of sp³-hybridized carbons (Fsp3) is 0.263. The van der Waals surface area contributed by atoms with Crippen molar-refractivity contribution in [2.45, 2.75) is 25.6 Å². The third-order valence-corrected chi connectivity index (χ3v) is 4.28. The number of hydrogen-bond donors (Lipinski definition) is 1. The molecule has 0 bridgehead atoms. The predicted molar refractivity (Wildman–Crippen MR) is 97.8 cm³/mol. The molecule has 0 aliphatic carbocycles. The molecule has 7 nitrogen and oxygen atoms in total. The first-order valence-electron chi connectivity index (χ1n) is 8.52. The maximum atomic E-state index is 13.4. The van der Waals surface area contributed by atoms with E-state index in [2.05, 4.69) is 15.2 Å². The van der Waals surface area contributed by atoms with Crippen molar-refractivity contribution in [3.05, 3.63) is 59.5 Å². The molecule has 10 heteroatoms. The second-order valence-electron chi connectivity index (χ2n) is 6.78. The molecule has 0 spiro atoms. The van der Waals surface area contributed by atoms with Gasteiger partial charge in [0.05, 0.1) is 5.56 Å². The summed E-state index contributed by atoms with van der Waals surface area (Å²) in [7, 11) is 1.54. The number of rotatable bonds is 5. The van der Waals surface area contributed by atoms with Crippen molar-refractivity contribution < 1.29 is 22.7 Å². The van der Waals surface area contributed by atoms with Crippen LogP contribution in [0.3, 0.4) is 0 Å². The minimum absolute atomic E-state index is 0.00904. The van der Waals surface area contributed by atoms with Crippen molar-refractivity contribution in [2.75, 3.05) is 0 Å². The van der Waals surface area contributed by atoms with E-state index in [4.69, 9.17) is 10.5 Å². The highest BCUT2D eigenvalue weighted by molar-refractivity contribution is 5.94. The number of benzene rings is 1. The van der Waals surface area contributed by atoms with Crippen molar-refractivity contribution in [3.63, 3.8) is 0 Å². The van der Waals surface area contributed by atoms with Crippen molar-refractivity contribution in [2.24, 2.45) is 12.8 Å². The fourth-order valence-corrected chi connectivity index (χ4v) is 2.96. The minimum atomic E-state index is -4.54. The van der Waals surface area contributed by atoms with Gasteiger partial charge in [-0.1, -0.05) is 18.2 Å². The first-order chi connectivity index (χ1) is 13.5. The van der Waals surface area contributed by atoms with Gasteiger partial charge in [-0.05, 0) is 32.0 Å². The molecule has 0 radical (unpaired) electrons. The SMILES string of the molecule is Cn1c(-c2ccccc2C(F)(F)F)nnc1C(C)(C)Oc1ncccc1C(N)=O. The first-order valence-corrected chi connectivity index (χ1v) is 8.52. The number of carbonyl (C=O) groups excluding carboxylic acids is 1. The number of aromatic nitrogens is 4. The first kappa shape index (κ1) is 20.3. The Morgan fingerprint density at radius 3 is 2.45 bits per heavy atom. The Morgan fingerprint density at radius 2 is 1.79 bits per heavy atom. The van der Waals surface area contributed by atoms with Gasteiger partial charge < -0.3 is 15.0 Å². The van der Waals surface area contributed by atoms with Crippen LogP contribution in [0, 0.1) is 0 Å². The normalized spacial score (nSPS) is 12.1. The van der Waals surface area contributed by atoms with E-state index < -0.39 is 23.2 Å². The molecule has 2 N–H and O–H groups in total. The molecule has 1 amide bonds. The van der Waals surface area contributed by atoms with Gasteiger partial charge in [0.25, 0.3) is 5.91 Å². The summed E-state index contributed by atoms with van der Waals surface area (Å²) in [6, 6.07) is 8.11. The van der Waals surface area contributed by atoms with Gasteiger partial charge in [0.15, 0.2) is 17.2 Å². The van der Waals surface area contributed by atoms with Crippen molar-refractivity contribution in [1.82, 2.24) is 19.7 Å². The average Bonchev–Trinajstić information content (AvgIpc) is 3.03. The Kier molecular flexibility index (Phi) is 5.04. The van der Waals surface area contributed by atoms with Gasteiger partial charge in [-0.3, -0.25) is 4.79 Å². The van der Waals surface area contributed by atoms with Crippen molar-refractivity contribution in [3.8, 4) is 17.3 Å². The molecule has 2 heterocycles. The Hall–Kier alpha value is -3.43. The van der Waals surface area contributed by atoms with Crippen LogP contribution in [0.2, 0.25) is 0 Å². The summed E-state index contributed by atoms with van der Waals surface area (Å²) in [5, 5.41) is 7.98. The van der Waals surface area contributed by atoms with E-state index in [1.54, 1.807) is 13.8 Å². The van der Waals surface area contributed by atoms with Crippen LogP contribution in [0.1, 0.15) is 35.6 Å². The highest BCUT2D eigenvalue weighted by atomic mass is 19.4. The van der Waals surface area contributed by atoms with E-state index in [1.807, 2.05) is 0 Å². The molecule has 29 heavy (non-hydrogen) atoms. The van der Waals surface area contributed by atoms with Crippen molar-refractivity contribution >= 4 is 5.91 Å². The van der Waals surface area contributed by atoms with E-state index in [0.29, 0.717) is 0 Å². The summed E-state index contributed by atoms with van der Waals surface area (Å²) in [5.41, 5.74) is 3.32. The monoisotopic (exact) mass is 405 g/mol. The van der Waals surface area contributed by atoms with E-state index in [-0.39, 0.29) is 28.7 Å². The smallest absolute Gasteiger partial charge is 0.417 e. The van der Waals surface area contributed by atoms with Crippen LogP contribution in [0.15, 0.2) is 42.6 Å². The zero-order chi connectivity index (χ0) is 21.4. The van der Waals surface area contributed by atoms with Gasteiger partial charge in [0.1, 0.15) is 5.56 Å². The van der Waals surface area contributed by atoms with Gasteiger partial charge in [-0.2, -0.15) is 13.2 Å². The molecule has 1 aromatic carbocycles. The molecule has 2 aromatic heterocycles. The molecule has 152 valence electrons. The van der Waals surface area contributed by atoms with Crippen LogP contribution in [-0.2, 0) is 18.8 Å². The van der Waals surface area contributed by atoms with Gasteiger partial charge in [0.2, 0.25) is 5.88 Å². The number of ether oxygens (including phenoxy) is 1. The fourth-order valence-electron chi connectivity index (χ4n) is 2.96. The number of alkyl halides is 3. The molecular weight excluding hydrogens is 387 g/mol. The molecule has 3 rings (SSSR count). The topological polar surface area (TPSA) is 95.9 Å². The number of nitrogens with two attached hydrogens (primary N) is 1. The molecule has 0 saturated heterocycles. The number of pyridine rings is 1. The number of halogens is 3. The molecule has 0 aliphatic rings.